The van der Waals surface area contributed by atoms with Crippen LogP contribution in [0.5, 0.6) is 5.75 Å². The quantitative estimate of drug-likeness (QED) is 0.742. The fourth-order valence-corrected chi connectivity index (χ4v) is 2.39. The molecule has 0 saturated carbocycles. The van der Waals surface area contributed by atoms with Crippen molar-refractivity contribution in [2.24, 2.45) is 5.92 Å². The first-order chi connectivity index (χ1) is 9.42. The largest absolute Gasteiger partial charge is 0.496 e. The van der Waals surface area contributed by atoms with Crippen molar-refractivity contribution in [3.63, 3.8) is 0 Å². The molecule has 2 unspecified atom stereocenters. The second-order valence-electron chi connectivity index (χ2n) is 4.87. The lowest BCUT2D eigenvalue weighted by Crippen LogP contribution is -2.33. The van der Waals surface area contributed by atoms with E-state index in [-0.39, 0.29) is 18.1 Å². The number of benzene rings is 1. The maximum Gasteiger partial charge on any atom is 0.319 e. The van der Waals surface area contributed by atoms with Crippen molar-refractivity contribution in [1.29, 1.82) is 0 Å². The monoisotopic (exact) mass is 344 g/mol. The smallest absolute Gasteiger partial charge is 0.319 e. The number of halogens is 1. The third kappa shape index (κ3) is 5.79. The average molecular weight is 345 g/mol. The number of hydrogen-bond donors (Lipinski definition) is 3. The molecular weight excluding hydrogens is 324 g/mol. The zero-order chi connectivity index (χ0) is 15.1. The first-order valence-corrected chi connectivity index (χ1v) is 7.28. The molecule has 0 radical (unpaired) electrons. The molecule has 0 aliphatic carbocycles. The highest BCUT2D eigenvalue weighted by Crippen LogP contribution is 2.27. The summed E-state index contributed by atoms with van der Waals surface area (Å²) < 4.78 is 5.90. The van der Waals surface area contributed by atoms with Gasteiger partial charge >= 0.3 is 6.03 Å². The second-order valence-corrected chi connectivity index (χ2v) is 5.73. The minimum absolute atomic E-state index is 0.225. The third-order valence-corrected chi connectivity index (χ3v) is 3.38. The Hall–Kier alpha value is -1.27. The molecule has 2 amide bonds. The van der Waals surface area contributed by atoms with E-state index in [4.69, 9.17) is 4.74 Å². The predicted molar refractivity (Wildman–Crippen MR) is 83.2 cm³/mol. The van der Waals surface area contributed by atoms with Gasteiger partial charge in [0, 0.05) is 12.2 Å². The summed E-state index contributed by atoms with van der Waals surface area (Å²) >= 11 is 3.36. The third-order valence-electron chi connectivity index (χ3n) is 2.76. The summed E-state index contributed by atoms with van der Waals surface area (Å²) in [5.41, 5.74) is 0.679. The van der Waals surface area contributed by atoms with E-state index in [2.05, 4.69) is 26.6 Å². The van der Waals surface area contributed by atoms with Gasteiger partial charge < -0.3 is 20.5 Å². The lowest BCUT2D eigenvalue weighted by atomic mass is 10.1. The summed E-state index contributed by atoms with van der Waals surface area (Å²) in [5.74, 6) is 0.935. The Morgan fingerprint density at radius 1 is 1.45 bits per heavy atom. The molecule has 0 saturated heterocycles. The van der Waals surface area contributed by atoms with E-state index in [1.165, 1.54) is 0 Å². The lowest BCUT2D eigenvalue weighted by molar-refractivity contribution is 0.163. The number of rotatable bonds is 6. The fraction of sp³-hybridized carbons (Fsp3) is 0.500. The van der Waals surface area contributed by atoms with E-state index in [0.717, 1.165) is 4.47 Å². The number of urea groups is 1. The molecule has 1 rings (SSSR count). The van der Waals surface area contributed by atoms with Gasteiger partial charge in [-0.05, 0) is 53.4 Å². The van der Waals surface area contributed by atoms with Crippen LogP contribution in [-0.4, -0.2) is 30.9 Å². The second kappa shape index (κ2) is 8.11. The number of methoxy groups -OCH3 is 1. The molecule has 2 atom stereocenters. The topological polar surface area (TPSA) is 70.6 Å². The van der Waals surface area contributed by atoms with Crippen molar-refractivity contribution in [2.45, 2.75) is 26.4 Å². The average Bonchev–Trinajstić information content (AvgIpc) is 2.36. The Kier molecular flexibility index (Phi) is 6.81. The molecule has 6 heteroatoms. The highest BCUT2D eigenvalue weighted by molar-refractivity contribution is 9.10. The van der Waals surface area contributed by atoms with Gasteiger partial charge in [0.2, 0.25) is 0 Å². The summed E-state index contributed by atoms with van der Waals surface area (Å²) in [4.78, 5) is 11.7. The number of amides is 2. The molecule has 0 aliphatic heterocycles. The van der Waals surface area contributed by atoms with Gasteiger partial charge in [0.25, 0.3) is 0 Å². The van der Waals surface area contributed by atoms with Gasteiger partial charge in [-0.2, -0.15) is 0 Å². The SMILES string of the molecule is COc1ccc(NC(=O)NCC(C)CC(C)O)cc1Br. The maximum absolute atomic E-state index is 11.7. The minimum atomic E-state index is -0.354. The number of ether oxygens (including phenoxy) is 1. The van der Waals surface area contributed by atoms with Crippen molar-refractivity contribution in [3.05, 3.63) is 22.7 Å². The molecule has 0 spiro atoms. The molecule has 5 nitrogen and oxygen atoms in total. The first-order valence-electron chi connectivity index (χ1n) is 6.48. The zero-order valence-corrected chi connectivity index (χ0v) is 13.5. The van der Waals surface area contributed by atoms with E-state index >= 15 is 0 Å². The lowest BCUT2D eigenvalue weighted by Gasteiger charge is -2.15. The molecule has 0 bridgehead atoms. The first kappa shape index (κ1) is 16.8. The Balaban J connectivity index is 2.44. The van der Waals surface area contributed by atoms with Crippen LogP contribution in [0.15, 0.2) is 22.7 Å². The standard InChI is InChI=1S/C14H21BrN2O3/c1-9(6-10(2)18)8-16-14(19)17-11-4-5-13(20-3)12(15)7-11/h4-5,7,9-10,18H,6,8H2,1-3H3,(H2,16,17,19). The Morgan fingerprint density at radius 3 is 2.70 bits per heavy atom. The summed E-state index contributed by atoms with van der Waals surface area (Å²) in [6.45, 7) is 4.25. The van der Waals surface area contributed by atoms with Crippen molar-refractivity contribution in [2.75, 3.05) is 19.0 Å². The summed E-state index contributed by atoms with van der Waals surface area (Å²) in [5, 5.41) is 14.8. The van der Waals surface area contributed by atoms with Crippen LogP contribution < -0.4 is 15.4 Å². The molecule has 112 valence electrons. The molecule has 3 N–H and O–H groups in total. The summed E-state index contributed by atoms with van der Waals surface area (Å²) in [6, 6.07) is 5.05. The number of hydrogen-bond acceptors (Lipinski definition) is 3. The van der Waals surface area contributed by atoms with Crippen LogP contribution in [0.3, 0.4) is 0 Å². The van der Waals surface area contributed by atoms with Crippen LogP contribution in [0.1, 0.15) is 20.3 Å². The van der Waals surface area contributed by atoms with Crippen LogP contribution in [0, 0.1) is 5.92 Å². The molecule has 20 heavy (non-hydrogen) atoms. The molecule has 0 heterocycles. The zero-order valence-electron chi connectivity index (χ0n) is 11.9. The van der Waals surface area contributed by atoms with Crippen LogP contribution in [0.25, 0.3) is 0 Å². The number of aliphatic hydroxyl groups excluding tert-OH is 1. The number of anilines is 1. The highest BCUT2D eigenvalue weighted by atomic mass is 79.9. The van der Waals surface area contributed by atoms with E-state index < -0.39 is 0 Å². The van der Waals surface area contributed by atoms with Crippen molar-refractivity contribution in [1.82, 2.24) is 5.32 Å². The molecule has 0 fully saturated rings. The van der Waals surface area contributed by atoms with Gasteiger partial charge in [-0.3, -0.25) is 0 Å². The Labute approximate surface area is 127 Å². The highest BCUT2D eigenvalue weighted by Gasteiger charge is 2.09. The normalized spacial score (nSPS) is 13.4. The van der Waals surface area contributed by atoms with Crippen molar-refractivity contribution >= 4 is 27.6 Å². The number of carbonyl (C=O) groups is 1. The van der Waals surface area contributed by atoms with E-state index in [1.807, 2.05) is 6.92 Å². The fourth-order valence-electron chi connectivity index (χ4n) is 1.85. The van der Waals surface area contributed by atoms with E-state index in [9.17, 15) is 9.90 Å². The van der Waals surface area contributed by atoms with Gasteiger partial charge in [0.05, 0.1) is 17.7 Å². The van der Waals surface area contributed by atoms with E-state index in [1.54, 1.807) is 32.2 Å². The van der Waals surface area contributed by atoms with Gasteiger partial charge in [0.15, 0.2) is 0 Å². The molecular formula is C14H21BrN2O3. The van der Waals surface area contributed by atoms with Crippen LogP contribution in [0.4, 0.5) is 10.5 Å². The Morgan fingerprint density at radius 2 is 2.15 bits per heavy atom. The molecule has 1 aromatic rings. The predicted octanol–water partition coefficient (Wildman–Crippen LogP) is 2.99. The molecule has 0 aliphatic rings. The van der Waals surface area contributed by atoms with Crippen LogP contribution in [-0.2, 0) is 0 Å². The summed E-state index contributed by atoms with van der Waals surface area (Å²) in [7, 11) is 1.59. The number of carbonyl (C=O) groups excluding carboxylic acids is 1. The van der Waals surface area contributed by atoms with Gasteiger partial charge in [-0.15, -0.1) is 0 Å². The summed E-state index contributed by atoms with van der Waals surface area (Å²) in [6.07, 6.45) is 0.307. The number of aliphatic hydroxyl groups is 1. The van der Waals surface area contributed by atoms with Gasteiger partial charge in [-0.1, -0.05) is 6.92 Å². The Bertz CT molecular complexity index is 452. The molecule has 1 aromatic carbocycles. The van der Waals surface area contributed by atoms with Crippen LogP contribution in [0.2, 0.25) is 0 Å². The number of nitrogens with one attached hydrogen (secondary N) is 2. The van der Waals surface area contributed by atoms with Gasteiger partial charge in [-0.25, -0.2) is 4.79 Å². The van der Waals surface area contributed by atoms with Crippen LogP contribution >= 0.6 is 15.9 Å². The minimum Gasteiger partial charge on any atom is -0.496 e. The maximum atomic E-state index is 11.7. The molecule has 0 aromatic heterocycles. The van der Waals surface area contributed by atoms with Gasteiger partial charge in [0.1, 0.15) is 5.75 Å². The van der Waals surface area contributed by atoms with E-state index in [0.29, 0.717) is 24.4 Å². The van der Waals surface area contributed by atoms with Crippen molar-refractivity contribution < 1.29 is 14.6 Å². The van der Waals surface area contributed by atoms with Crippen molar-refractivity contribution in [3.8, 4) is 5.75 Å².